The van der Waals surface area contributed by atoms with Gasteiger partial charge in [0.2, 0.25) is 0 Å². The van der Waals surface area contributed by atoms with E-state index in [1.54, 1.807) is 0 Å². The number of hydrogen-bond acceptors (Lipinski definition) is 5. The Kier molecular flexibility index (Phi) is 4.07. The van der Waals surface area contributed by atoms with Crippen molar-refractivity contribution in [1.82, 2.24) is 10.3 Å². The van der Waals surface area contributed by atoms with Crippen molar-refractivity contribution in [3.63, 3.8) is 0 Å². The van der Waals surface area contributed by atoms with Gasteiger partial charge in [0, 0.05) is 36.8 Å². The quantitative estimate of drug-likeness (QED) is 0.928. The summed E-state index contributed by atoms with van der Waals surface area (Å²) in [6.07, 6.45) is 4.93. The lowest BCUT2D eigenvalue weighted by molar-refractivity contribution is 0.210. The van der Waals surface area contributed by atoms with Crippen LogP contribution in [0.4, 0.5) is 6.01 Å². The molecular formula is C17H22ClN3O2. The third-order valence-electron chi connectivity index (χ3n) is 4.75. The van der Waals surface area contributed by atoms with Gasteiger partial charge in [0.15, 0.2) is 11.3 Å². The average Bonchev–Trinajstić information content (AvgIpc) is 3.17. The van der Waals surface area contributed by atoms with Crippen molar-refractivity contribution < 1.29 is 9.15 Å². The van der Waals surface area contributed by atoms with Gasteiger partial charge in [-0.1, -0.05) is 11.6 Å². The summed E-state index contributed by atoms with van der Waals surface area (Å²) in [5, 5.41) is 4.02. The van der Waals surface area contributed by atoms with E-state index >= 15 is 0 Å². The summed E-state index contributed by atoms with van der Waals surface area (Å²) in [7, 11) is 0. The summed E-state index contributed by atoms with van der Waals surface area (Å²) in [5.74, 6) is 0.723. The standard InChI is InChI=1S/C17H22ClN3O2/c1-11-10-19-6-7-21(11)17-20-14-8-12(18)9-15(16(14)23-17)22-13-4-2-3-5-13/h8-9,11,13,19H,2-7,10H2,1H3. The summed E-state index contributed by atoms with van der Waals surface area (Å²) in [5.41, 5.74) is 1.48. The second-order valence-corrected chi connectivity index (χ2v) is 6.96. The number of anilines is 1. The van der Waals surface area contributed by atoms with Crippen LogP contribution in [0.25, 0.3) is 11.1 Å². The number of aromatic nitrogens is 1. The SMILES string of the molecule is CC1CNCCN1c1nc2cc(Cl)cc(OC3CCCC3)c2o1. The first-order valence-electron chi connectivity index (χ1n) is 8.45. The van der Waals surface area contributed by atoms with Crippen LogP contribution in [0.15, 0.2) is 16.5 Å². The first-order chi connectivity index (χ1) is 11.2. The fourth-order valence-electron chi connectivity index (χ4n) is 3.48. The minimum absolute atomic E-state index is 0.267. The molecule has 23 heavy (non-hydrogen) atoms. The van der Waals surface area contributed by atoms with E-state index < -0.39 is 0 Å². The third-order valence-corrected chi connectivity index (χ3v) is 4.97. The van der Waals surface area contributed by atoms with Gasteiger partial charge in [-0.2, -0.15) is 4.98 Å². The highest BCUT2D eigenvalue weighted by Crippen LogP contribution is 2.36. The lowest BCUT2D eigenvalue weighted by Crippen LogP contribution is -2.50. The molecule has 1 aromatic heterocycles. The van der Waals surface area contributed by atoms with Crippen LogP contribution >= 0.6 is 11.6 Å². The van der Waals surface area contributed by atoms with E-state index in [2.05, 4.69) is 22.1 Å². The number of halogens is 1. The molecule has 1 aliphatic carbocycles. The Balaban J connectivity index is 1.69. The molecule has 1 saturated heterocycles. The zero-order valence-corrected chi connectivity index (χ0v) is 14.1. The second kappa shape index (κ2) is 6.21. The van der Waals surface area contributed by atoms with Gasteiger partial charge < -0.3 is 19.4 Å². The van der Waals surface area contributed by atoms with Crippen LogP contribution < -0.4 is 15.0 Å². The number of benzene rings is 1. The van der Waals surface area contributed by atoms with Crippen molar-refractivity contribution in [1.29, 1.82) is 0 Å². The summed E-state index contributed by atoms with van der Waals surface area (Å²) in [6, 6.07) is 4.70. The highest BCUT2D eigenvalue weighted by atomic mass is 35.5. The van der Waals surface area contributed by atoms with Gasteiger partial charge in [0.25, 0.3) is 6.01 Å². The molecule has 1 aliphatic heterocycles. The topological polar surface area (TPSA) is 50.5 Å². The van der Waals surface area contributed by atoms with Gasteiger partial charge in [-0.15, -0.1) is 0 Å². The minimum Gasteiger partial charge on any atom is -0.486 e. The molecule has 2 aliphatic rings. The van der Waals surface area contributed by atoms with Crippen LogP contribution in [0, 0.1) is 0 Å². The molecule has 1 saturated carbocycles. The summed E-state index contributed by atoms with van der Waals surface area (Å²) in [4.78, 5) is 6.85. The molecule has 1 unspecified atom stereocenters. The number of ether oxygens (including phenoxy) is 1. The van der Waals surface area contributed by atoms with Crippen LogP contribution in [0.3, 0.4) is 0 Å². The number of nitrogens with zero attached hydrogens (tertiary/aromatic N) is 2. The predicted octanol–water partition coefficient (Wildman–Crippen LogP) is 3.60. The van der Waals surface area contributed by atoms with E-state index in [9.17, 15) is 0 Å². The van der Waals surface area contributed by atoms with Gasteiger partial charge in [0.1, 0.15) is 5.52 Å². The fraction of sp³-hybridized carbons (Fsp3) is 0.588. The summed E-state index contributed by atoms with van der Waals surface area (Å²) >= 11 is 6.25. The molecule has 5 nitrogen and oxygen atoms in total. The molecule has 0 bridgehead atoms. The van der Waals surface area contributed by atoms with Crippen LogP contribution in [-0.2, 0) is 0 Å². The van der Waals surface area contributed by atoms with Crippen molar-refractivity contribution >= 4 is 28.7 Å². The van der Waals surface area contributed by atoms with E-state index in [4.69, 9.17) is 20.8 Å². The van der Waals surface area contributed by atoms with Crippen LogP contribution in [0.5, 0.6) is 5.75 Å². The number of rotatable bonds is 3. The van der Waals surface area contributed by atoms with Crippen molar-refractivity contribution in [2.75, 3.05) is 24.5 Å². The third kappa shape index (κ3) is 3.00. The monoisotopic (exact) mass is 335 g/mol. The molecule has 2 fully saturated rings. The van der Waals surface area contributed by atoms with Crippen molar-refractivity contribution in [2.24, 2.45) is 0 Å². The van der Waals surface area contributed by atoms with Crippen LogP contribution in [0.1, 0.15) is 32.6 Å². The Hall–Kier alpha value is -1.46. The number of piperazine rings is 1. The van der Waals surface area contributed by atoms with Crippen LogP contribution in [0.2, 0.25) is 5.02 Å². The van der Waals surface area contributed by atoms with E-state index in [-0.39, 0.29) is 6.10 Å². The van der Waals surface area contributed by atoms with E-state index in [1.807, 2.05) is 12.1 Å². The molecule has 1 atom stereocenters. The Bertz CT molecular complexity index is 696. The largest absolute Gasteiger partial charge is 0.486 e. The van der Waals surface area contributed by atoms with Gasteiger partial charge in [-0.05, 0) is 38.7 Å². The second-order valence-electron chi connectivity index (χ2n) is 6.52. The molecule has 1 N–H and O–H groups in total. The molecule has 0 radical (unpaired) electrons. The van der Waals surface area contributed by atoms with Gasteiger partial charge in [-0.3, -0.25) is 0 Å². The van der Waals surface area contributed by atoms with Gasteiger partial charge in [-0.25, -0.2) is 0 Å². The number of fused-ring (bicyclic) bond motifs is 1. The predicted molar refractivity (Wildman–Crippen MR) is 91.6 cm³/mol. The zero-order valence-electron chi connectivity index (χ0n) is 13.3. The molecule has 0 spiro atoms. The highest BCUT2D eigenvalue weighted by Gasteiger charge is 2.25. The Morgan fingerprint density at radius 2 is 2.17 bits per heavy atom. The molecule has 2 heterocycles. The van der Waals surface area contributed by atoms with Gasteiger partial charge >= 0.3 is 0 Å². The Labute approximate surface area is 140 Å². The molecule has 4 rings (SSSR count). The van der Waals surface area contributed by atoms with Gasteiger partial charge in [0.05, 0.1) is 6.10 Å². The normalized spacial score (nSPS) is 22.9. The number of oxazole rings is 1. The van der Waals surface area contributed by atoms with Crippen molar-refractivity contribution in [3.8, 4) is 5.75 Å². The van der Waals surface area contributed by atoms with Crippen molar-refractivity contribution in [2.45, 2.75) is 44.8 Å². The first-order valence-corrected chi connectivity index (χ1v) is 8.82. The zero-order chi connectivity index (χ0) is 15.8. The summed E-state index contributed by atoms with van der Waals surface area (Å²) in [6.45, 7) is 4.94. The maximum absolute atomic E-state index is 6.25. The highest BCUT2D eigenvalue weighted by molar-refractivity contribution is 6.31. The summed E-state index contributed by atoms with van der Waals surface area (Å²) < 4.78 is 12.2. The van der Waals surface area contributed by atoms with E-state index in [0.717, 1.165) is 43.7 Å². The lowest BCUT2D eigenvalue weighted by atomic mass is 10.2. The molecule has 2 aromatic rings. The Morgan fingerprint density at radius 1 is 1.35 bits per heavy atom. The maximum atomic E-state index is 6.25. The van der Waals surface area contributed by atoms with E-state index in [0.29, 0.717) is 22.7 Å². The molecular weight excluding hydrogens is 314 g/mol. The minimum atomic E-state index is 0.267. The molecule has 1 aromatic carbocycles. The fourth-order valence-corrected chi connectivity index (χ4v) is 3.68. The van der Waals surface area contributed by atoms with Crippen molar-refractivity contribution in [3.05, 3.63) is 17.2 Å². The number of nitrogens with one attached hydrogen (secondary N) is 1. The smallest absolute Gasteiger partial charge is 0.298 e. The number of hydrogen-bond donors (Lipinski definition) is 1. The van der Waals surface area contributed by atoms with E-state index in [1.165, 1.54) is 12.8 Å². The molecule has 124 valence electrons. The average molecular weight is 336 g/mol. The Morgan fingerprint density at radius 3 is 2.96 bits per heavy atom. The first kappa shape index (κ1) is 15.1. The molecule has 0 amide bonds. The molecule has 6 heteroatoms. The maximum Gasteiger partial charge on any atom is 0.298 e. The lowest BCUT2D eigenvalue weighted by Gasteiger charge is -2.32. The van der Waals surface area contributed by atoms with Crippen LogP contribution in [-0.4, -0.2) is 36.8 Å².